The maximum atomic E-state index is 12.3. The van der Waals surface area contributed by atoms with Crippen molar-refractivity contribution in [3.8, 4) is 11.4 Å². The van der Waals surface area contributed by atoms with Crippen LogP contribution in [0, 0.1) is 10.1 Å². The number of thiophene rings is 1. The van der Waals surface area contributed by atoms with Crippen molar-refractivity contribution in [2.45, 2.75) is 0 Å². The van der Waals surface area contributed by atoms with Crippen LogP contribution in [-0.4, -0.2) is 20.8 Å². The highest BCUT2D eigenvalue weighted by molar-refractivity contribution is 7.16. The largest absolute Gasteiger partial charge is 0.338 e. The number of rotatable bonds is 5. The van der Waals surface area contributed by atoms with E-state index in [0.717, 1.165) is 27.9 Å². The summed E-state index contributed by atoms with van der Waals surface area (Å²) in [6.07, 6.45) is 2.90. The number of benzene rings is 2. The van der Waals surface area contributed by atoms with E-state index in [9.17, 15) is 14.9 Å². The lowest BCUT2D eigenvalue weighted by Crippen LogP contribution is -2.08. The zero-order valence-corrected chi connectivity index (χ0v) is 15.3. The number of amides is 1. The maximum absolute atomic E-state index is 12.3. The highest BCUT2D eigenvalue weighted by atomic mass is 32.1. The molecule has 2 heterocycles. The first-order valence-electron chi connectivity index (χ1n) is 8.37. The number of nitro groups is 1. The monoisotopic (exact) mass is 390 g/mol. The minimum absolute atomic E-state index is 0.0373. The first-order chi connectivity index (χ1) is 13.6. The number of para-hydroxylation sites is 3. The Bertz CT molecular complexity index is 1180. The van der Waals surface area contributed by atoms with Crippen molar-refractivity contribution in [2.24, 2.45) is 0 Å². The predicted octanol–water partition coefficient (Wildman–Crippen LogP) is 4.85. The van der Waals surface area contributed by atoms with Crippen molar-refractivity contribution in [3.05, 3.63) is 81.7 Å². The number of H-pyrrole nitrogens is 1. The summed E-state index contributed by atoms with van der Waals surface area (Å²) >= 11 is 1.01. The molecule has 7 nitrogen and oxygen atoms in total. The third-order valence-electron chi connectivity index (χ3n) is 4.02. The number of carbonyl (C=O) groups excluding carboxylic acids is 1. The average Bonchev–Trinajstić information content (AvgIpc) is 3.34. The first kappa shape index (κ1) is 17.6. The van der Waals surface area contributed by atoms with Gasteiger partial charge in [0.05, 0.1) is 21.6 Å². The van der Waals surface area contributed by atoms with Crippen LogP contribution in [0.2, 0.25) is 0 Å². The quantitative estimate of drug-likeness (QED) is 0.289. The topological polar surface area (TPSA) is 101 Å². The number of nitrogens with zero attached hydrogens (tertiary/aromatic N) is 2. The van der Waals surface area contributed by atoms with Crippen LogP contribution in [-0.2, 0) is 4.79 Å². The van der Waals surface area contributed by atoms with E-state index < -0.39 is 4.92 Å². The molecule has 1 amide bonds. The number of carbonyl (C=O) groups is 1. The number of imidazole rings is 1. The van der Waals surface area contributed by atoms with E-state index in [-0.39, 0.29) is 10.9 Å². The summed E-state index contributed by atoms with van der Waals surface area (Å²) in [5.41, 5.74) is 3.15. The van der Waals surface area contributed by atoms with Crippen LogP contribution in [0.1, 0.15) is 4.88 Å². The van der Waals surface area contributed by atoms with Crippen LogP contribution < -0.4 is 5.32 Å². The zero-order valence-electron chi connectivity index (χ0n) is 14.5. The number of hydrogen-bond acceptors (Lipinski definition) is 5. The Morgan fingerprint density at radius 2 is 1.89 bits per heavy atom. The smallest absolute Gasteiger partial charge is 0.324 e. The lowest BCUT2D eigenvalue weighted by Gasteiger charge is -2.07. The molecule has 0 spiro atoms. The van der Waals surface area contributed by atoms with E-state index in [1.165, 1.54) is 12.1 Å². The zero-order chi connectivity index (χ0) is 19.5. The molecule has 0 bridgehead atoms. The molecular weight excluding hydrogens is 376 g/mol. The van der Waals surface area contributed by atoms with Gasteiger partial charge < -0.3 is 10.3 Å². The van der Waals surface area contributed by atoms with E-state index in [4.69, 9.17) is 0 Å². The van der Waals surface area contributed by atoms with E-state index >= 15 is 0 Å². The van der Waals surface area contributed by atoms with Crippen LogP contribution in [0.25, 0.3) is 28.5 Å². The van der Waals surface area contributed by atoms with Crippen molar-refractivity contribution in [1.82, 2.24) is 9.97 Å². The number of anilines is 1. The molecule has 8 heteroatoms. The lowest BCUT2D eigenvalue weighted by molar-refractivity contribution is -0.380. The minimum atomic E-state index is -0.453. The third-order valence-corrected chi connectivity index (χ3v) is 5.02. The molecular formula is C20H14N4O3S. The summed E-state index contributed by atoms with van der Waals surface area (Å²) in [5.74, 6) is 0.328. The van der Waals surface area contributed by atoms with Crippen molar-refractivity contribution >= 4 is 45.0 Å². The van der Waals surface area contributed by atoms with Gasteiger partial charge in [-0.15, -0.1) is 0 Å². The molecule has 4 aromatic rings. The van der Waals surface area contributed by atoms with Crippen LogP contribution in [0.3, 0.4) is 0 Å². The molecule has 4 rings (SSSR count). The van der Waals surface area contributed by atoms with Crippen LogP contribution in [0.15, 0.2) is 66.7 Å². The molecule has 138 valence electrons. The van der Waals surface area contributed by atoms with Gasteiger partial charge in [0.15, 0.2) is 0 Å². The van der Waals surface area contributed by atoms with E-state index in [1.807, 2.05) is 42.5 Å². The minimum Gasteiger partial charge on any atom is -0.338 e. The van der Waals surface area contributed by atoms with Crippen LogP contribution >= 0.6 is 11.3 Å². The Morgan fingerprint density at radius 3 is 2.68 bits per heavy atom. The Labute approximate surface area is 163 Å². The van der Waals surface area contributed by atoms with Crippen LogP contribution in [0.4, 0.5) is 10.7 Å². The summed E-state index contributed by atoms with van der Waals surface area (Å²) in [7, 11) is 0. The Morgan fingerprint density at radius 1 is 1.11 bits per heavy atom. The van der Waals surface area contributed by atoms with Crippen molar-refractivity contribution in [2.75, 3.05) is 5.32 Å². The second-order valence-electron chi connectivity index (χ2n) is 5.90. The van der Waals surface area contributed by atoms with E-state index in [1.54, 1.807) is 18.2 Å². The van der Waals surface area contributed by atoms with Crippen molar-refractivity contribution < 1.29 is 9.72 Å². The van der Waals surface area contributed by atoms with Gasteiger partial charge in [0.2, 0.25) is 5.91 Å². The molecule has 0 radical (unpaired) electrons. The molecule has 2 aromatic carbocycles. The van der Waals surface area contributed by atoms with Crippen molar-refractivity contribution in [1.29, 1.82) is 0 Å². The summed E-state index contributed by atoms with van der Waals surface area (Å²) < 4.78 is 0. The van der Waals surface area contributed by atoms with Gasteiger partial charge in [-0.25, -0.2) is 4.98 Å². The van der Waals surface area contributed by atoms with Gasteiger partial charge in [0.25, 0.3) is 0 Å². The average molecular weight is 390 g/mol. The first-order valence-corrected chi connectivity index (χ1v) is 9.19. The van der Waals surface area contributed by atoms with Gasteiger partial charge in [-0.05, 0) is 36.4 Å². The molecule has 0 fully saturated rings. The van der Waals surface area contributed by atoms with Gasteiger partial charge in [0, 0.05) is 22.6 Å². The van der Waals surface area contributed by atoms with Crippen LogP contribution in [0.5, 0.6) is 0 Å². The number of aromatic nitrogens is 2. The van der Waals surface area contributed by atoms with E-state index in [0.29, 0.717) is 16.4 Å². The Balaban J connectivity index is 1.55. The second kappa shape index (κ2) is 7.45. The molecule has 0 aliphatic rings. The number of fused-ring (bicyclic) bond motifs is 1. The Hall–Kier alpha value is -3.78. The molecule has 0 atom stereocenters. The van der Waals surface area contributed by atoms with Gasteiger partial charge >= 0.3 is 5.00 Å². The third kappa shape index (κ3) is 3.67. The standard InChI is InChI=1S/C20H14N4O3S/c25-18(11-9-13-10-12-19(28-13)24(26)27)21-15-6-2-1-5-14(15)20-22-16-7-3-4-8-17(16)23-20/h1-12H,(H,21,25)(H,22,23)/b11-9+. The van der Waals surface area contributed by atoms with Gasteiger partial charge in [-0.3, -0.25) is 14.9 Å². The van der Waals surface area contributed by atoms with Gasteiger partial charge in [-0.2, -0.15) is 0 Å². The molecule has 0 aliphatic heterocycles. The number of aromatic amines is 1. The molecule has 0 saturated heterocycles. The molecule has 0 unspecified atom stereocenters. The lowest BCUT2D eigenvalue weighted by atomic mass is 10.1. The molecule has 2 N–H and O–H groups in total. The van der Waals surface area contributed by atoms with Gasteiger partial charge in [-0.1, -0.05) is 35.6 Å². The van der Waals surface area contributed by atoms with Crippen molar-refractivity contribution in [3.63, 3.8) is 0 Å². The summed E-state index contributed by atoms with van der Waals surface area (Å²) in [5, 5.41) is 13.6. The molecule has 0 saturated carbocycles. The summed E-state index contributed by atoms with van der Waals surface area (Å²) in [6, 6.07) is 18.1. The Kier molecular flexibility index (Phi) is 4.69. The summed E-state index contributed by atoms with van der Waals surface area (Å²) in [4.78, 5) is 31.1. The normalized spacial score (nSPS) is 11.1. The summed E-state index contributed by atoms with van der Waals surface area (Å²) in [6.45, 7) is 0. The fraction of sp³-hybridized carbons (Fsp3) is 0. The second-order valence-corrected chi connectivity index (χ2v) is 7.00. The predicted molar refractivity (Wildman–Crippen MR) is 110 cm³/mol. The van der Waals surface area contributed by atoms with Gasteiger partial charge in [0.1, 0.15) is 5.82 Å². The molecule has 2 aromatic heterocycles. The van der Waals surface area contributed by atoms with E-state index in [2.05, 4.69) is 15.3 Å². The maximum Gasteiger partial charge on any atom is 0.324 e. The fourth-order valence-corrected chi connectivity index (χ4v) is 3.47. The highest BCUT2D eigenvalue weighted by Crippen LogP contribution is 2.28. The molecule has 28 heavy (non-hydrogen) atoms. The fourth-order valence-electron chi connectivity index (χ4n) is 2.74. The SMILES string of the molecule is O=C(/C=C/c1ccc([N+](=O)[O-])s1)Nc1ccccc1-c1nc2ccccc2[nH]1. The number of hydrogen-bond donors (Lipinski definition) is 2. The highest BCUT2D eigenvalue weighted by Gasteiger charge is 2.11. The molecule has 0 aliphatic carbocycles. The number of nitrogens with one attached hydrogen (secondary N) is 2.